The van der Waals surface area contributed by atoms with Gasteiger partial charge in [0, 0.05) is 17.3 Å². The molecule has 3 aromatic rings. The Labute approximate surface area is 168 Å². The molecular weight excluding hydrogens is 389 g/mol. The van der Waals surface area contributed by atoms with E-state index in [1.807, 2.05) is 61.5 Å². The van der Waals surface area contributed by atoms with Crippen molar-refractivity contribution in [3.05, 3.63) is 92.4 Å². The predicted octanol–water partition coefficient (Wildman–Crippen LogP) is 7.15. The van der Waals surface area contributed by atoms with Crippen molar-refractivity contribution in [3.8, 4) is 5.75 Å². The topological polar surface area (TPSA) is 21.3 Å². The first kappa shape index (κ1) is 18.9. The third-order valence-corrected chi connectivity index (χ3v) is 5.13. The van der Waals surface area contributed by atoms with Crippen LogP contribution in [0.4, 0.5) is 5.69 Å². The molecule has 1 N–H and O–H groups in total. The second-order valence-corrected chi connectivity index (χ2v) is 7.22. The molecule has 134 valence electrons. The molecule has 0 unspecified atom stereocenters. The van der Waals surface area contributed by atoms with Crippen LogP contribution in [-0.2, 0) is 13.2 Å². The molecule has 0 aliphatic rings. The Bertz CT molecular complexity index is 820. The molecule has 0 heterocycles. The summed E-state index contributed by atoms with van der Waals surface area (Å²) in [5, 5.41) is 5.21. The highest BCUT2D eigenvalue weighted by Gasteiger charge is 2.02. The van der Waals surface area contributed by atoms with Crippen LogP contribution < -0.4 is 10.1 Å². The molecule has 0 saturated carbocycles. The van der Waals surface area contributed by atoms with Gasteiger partial charge in [-0.05, 0) is 60.0 Å². The lowest BCUT2D eigenvalue weighted by Gasteiger charge is -2.10. The van der Waals surface area contributed by atoms with E-state index >= 15 is 0 Å². The number of benzene rings is 3. The first-order valence-electron chi connectivity index (χ1n) is 8.17. The number of aryl methyl sites for hydroxylation is 1. The molecule has 0 amide bonds. The standard InChI is InChI=1S/C21H18Cl3NO/c1-14-2-6-17(11-20(14)23)25-12-15-3-7-18(8-4-15)26-13-16-5-9-19(22)21(24)10-16/h2-11,25H,12-13H2,1H3. The van der Waals surface area contributed by atoms with Crippen LogP contribution in [0.3, 0.4) is 0 Å². The summed E-state index contributed by atoms with van der Waals surface area (Å²) in [5.41, 5.74) is 4.20. The van der Waals surface area contributed by atoms with Crippen LogP contribution in [0.5, 0.6) is 5.75 Å². The van der Waals surface area contributed by atoms with Gasteiger partial charge in [0.1, 0.15) is 12.4 Å². The summed E-state index contributed by atoms with van der Waals surface area (Å²) < 4.78 is 5.79. The van der Waals surface area contributed by atoms with Crippen molar-refractivity contribution in [2.24, 2.45) is 0 Å². The first-order chi connectivity index (χ1) is 12.5. The molecule has 2 nitrogen and oxygen atoms in total. The molecule has 0 atom stereocenters. The number of ether oxygens (including phenoxy) is 1. The molecule has 0 spiro atoms. The Morgan fingerprint density at radius 3 is 2.19 bits per heavy atom. The summed E-state index contributed by atoms with van der Waals surface area (Å²) in [5.74, 6) is 0.804. The van der Waals surface area contributed by atoms with E-state index in [1.165, 1.54) is 0 Å². The van der Waals surface area contributed by atoms with E-state index in [9.17, 15) is 0 Å². The van der Waals surface area contributed by atoms with Gasteiger partial charge in [-0.25, -0.2) is 0 Å². The highest BCUT2D eigenvalue weighted by atomic mass is 35.5. The quantitative estimate of drug-likeness (QED) is 0.469. The Balaban J connectivity index is 1.54. The van der Waals surface area contributed by atoms with Gasteiger partial charge in [-0.3, -0.25) is 0 Å². The minimum atomic E-state index is 0.441. The number of halogens is 3. The van der Waals surface area contributed by atoms with E-state index in [0.717, 1.165) is 33.1 Å². The molecule has 0 aromatic heterocycles. The highest BCUT2D eigenvalue weighted by molar-refractivity contribution is 6.42. The van der Waals surface area contributed by atoms with Crippen LogP contribution in [0, 0.1) is 6.92 Å². The SMILES string of the molecule is Cc1ccc(NCc2ccc(OCc3ccc(Cl)c(Cl)c3)cc2)cc1Cl. The lowest BCUT2D eigenvalue weighted by Crippen LogP contribution is -2.00. The fourth-order valence-corrected chi connectivity index (χ4v) is 2.91. The van der Waals surface area contributed by atoms with Crippen molar-refractivity contribution in [1.82, 2.24) is 0 Å². The number of rotatable bonds is 6. The van der Waals surface area contributed by atoms with Crippen molar-refractivity contribution in [3.63, 3.8) is 0 Å². The summed E-state index contributed by atoms with van der Waals surface area (Å²) >= 11 is 18.1. The van der Waals surface area contributed by atoms with E-state index in [4.69, 9.17) is 39.5 Å². The van der Waals surface area contributed by atoms with Crippen molar-refractivity contribution >= 4 is 40.5 Å². The molecule has 0 aliphatic heterocycles. The van der Waals surface area contributed by atoms with Crippen molar-refractivity contribution in [2.45, 2.75) is 20.1 Å². The molecular formula is C21H18Cl3NO. The zero-order valence-electron chi connectivity index (χ0n) is 14.2. The fourth-order valence-electron chi connectivity index (χ4n) is 2.41. The molecule has 3 rings (SSSR count). The van der Waals surface area contributed by atoms with Gasteiger partial charge < -0.3 is 10.1 Å². The Morgan fingerprint density at radius 2 is 1.50 bits per heavy atom. The number of hydrogen-bond acceptors (Lipinski definition) is 2. The lowest BCUT2D eigenvalue weighted by molar-refractivity contribution is 0.306. The van der Waals surface area contributed by atoms with Gasteiger partial charge in [0.25, 0.3) is 0 Å². The average Bonchev–Trinajstić information content (AvgIpc) is 2.64. The van der Waals surface area contributed by atoms with Gasteiger partial charge in [-0.1, -0.05) is 59.1 Å². The minimum absolute atomic E-state index is 0.441. The van der Waals surface area contributed by atoms with Gasteiger partial charge in [-0.15, -0.1) is 0 Å². The summed E-state index contributed by atoms with van der Waals surface area (Å²) in [4.78, 5) is 0. The minimum Gasteiger partial charge on any atom is -0.489 e. The summed E-state index contributed by atoms with van der Waals surface area (Å²) in [7, 11) is 0. The zero-order chi connectivity index (χ0) is 18.5. The summed E-state index contributed by atoms with van der Waals surface area (Å²) in [6.07, 6.45) is 0. The average molecular weight is 407 g/mol. The number of anilines is 1. The highest BCUT2D eigenvalue weighted by Crippen LogP contribution is 2.24. The maximum absolute atomic E-state index is 6.15. The maximum atomic E-state index is 6.15. The van der Waals surface area contributed by atoms with Gasteiger partial charge in [0.2, 0.25) is 0 Å². The van der Waals surface area contributed by atoms with Crippen LogP contribution in [0.1, 0.15) is 16.7 Å². The summed E-state index contributed by atoms with van der Waals surface area (Å²) in [6.45, 7) is 3.14. The van der Waals surface area contributed by atoms with Crippen LogP contribution in [0.15, 0.2) is 60.7 Å². The molecule has 0 fully saturated rings. The first-order valence-corrected chi connectivity index (χ1v) is 9.30. The maximum Gasteiger partial charge on any atom is 0.119 e. The Morgan fingerprint density at radius 1 is 0.769 bits per heavy atom. The lowest BCUT2D eigenvalue weighted by atomic mass is 10.2. The number of hydrogen-bond donors (Lipinski definition) is 1. The van der Waals surface area contributed by atoms with Gasteiger partial charge >= 0.3 is 0 Å². The molecule has 26 heavy (non-hydrogen) atoms. The van der Waals surface area contributed by atoms with Crippen LogP contribution in [-0.4, -0.2) is 0 Å². The van der Waals surface area contributed by atoms with Crippen LogP contribution >= 0.6 is 34.8 Å². The third-order valence-electron chi connectivity index (χ3n) is 3.98. The van der Waals surface area contributed by atoms with E-state index in [2.05, 4.69) is 5.32 Å². The van der Waals surface area contributed by atoms with E-state index < -0.39 is 0 Å². The predicted molar refractivity (Wildman–Crippen MR) is 111 cm³/mol. The Kier molecular flexibility index (Phi) is 6.31. The van der Waals surface area contributed by atoms with Gasteiger partial charge in [-0.2, -0.15) is 0 Å². The molecule has 0 bridgehead atoms. The van der Waals surface area contributed by atoms with Gasteiger partial charge in [0.05, 0.1) is 10.0 Å². The second-order valence-electron chi connectivity index (χ2n) is 6.00. The second kappa shape index (κ2) is 8.68. The monoisotopic (exact) mass is 405 g/mol. The molecule has 3 aromatic carbocycles. The third kappa shape index (κ3) is 5.07. The van der Waals surface area contributed by atoms with Crippen LogP contribution in [0.25, 0.3) is 0 Å². The molecule has 5 heteroatoms. The number of nitrogens with one attached hydrogen (secondary N) is 1. The van der Waals surface area contributed by atoms with Gasteiger partial charge in [0.15, 0.2) is 0 Å². The van der Waals surface area contributed by atoms with Crippen molar-refractivity contribution < 1.29 is 4.74 Å². The normalized spacial score (nSPS) is 10.6. The molecule has 0 saturated heterocycles. The Hall–Kier alpha value is -1.87. The van der Waals surface area contributed by atoms with E-state index in [0.29, 0.717) is 23.2 Å². The van der Waals surface area contributed by atoms with E-state index in [-0.39, 0.29) is 0 Å². The summed E-state index contributed by atoms with van der Waals surface area (Å²) in [6, 6.07) is 19.4. The fraction of sp³-hybridized carbons (Fsp3) is 0.143. The molecule has 0 radical (unpaired) electrons. The van der Waals surface area contributed by atoms with Crippen molar-refractivity contribution in [2.75, 3.05) is 5.32 Å². The van der Waals surface area contributed by atoms with Crippen molar-refractivity contribution in [1.29, 1.82) is 0 Å². The van der Waals surface area contributed by atoms with Crippen LogP contribution in [0.2, 0.25) is 15.1 Å². The smallest absolute Gasteiger partial charge is 0.119 e. The zero-order valence-corrected chi connectivity index (χ0v) is 16.5. The largest absolute Gasteiger partial charge is 0.489 e. The van der Waals surface area contributed by atoms with E-state index in [1.54, 1.807) is 6.07 Å². The molecule has 0 aliphatic carbocycles.